The fourth-order valence-electron chi connectivity index (χ4n) is 3.24. The van der Waals surface area contributed by atoms with Gasteiger partial charge in [0.15, 0.2) is 0 Å². The second kappa shape index (κ2) is 27.8. The number of carbonyl (C=O) groups is 3. The summed E-state index contributed by atoms with van der Waals surface area (Å²) < 4.78 is 4.25. The molecule has 1 aliphatic rings. The molecule has 2 amide bonds. The molecule has 1 unspecified atom stereocenters. The van der Waals surface area contributed by atoms with Crippen molar-refractivity contribution >= 4 is 18.1 Å². The predicted molar refractivity (Wildman–Crippen MR) is 142 cm³/mol. The zero-order valence-electron chi connectivity index (χ0n) is 23.0. The minimum Gasteiger partial charge on any atom is -0.508 e. The van der Waals surface area contributed by atoms with Crippen LogP contribution in [0.2, 0.25) is 0 Å². The van der Waals surface area contributed by atoms with Crippen LogP contribution in [0.4, 0.5) is 0 Å². The number of carbonyl (C=O) groups excluding carboxylic acids is 3. The summed E-state index contributed by atoms with van der Waals surface area (Å²) in [6.07, 6.45) is 10.4. The van der Waals surface area contributed by atoms with Crippen LogP contribution in [0.1, 0.15) is 78.2 Å². The van der Waals surface area contributed by atoms with Gasteiger partial charge in [0.1, 0.15) is 12.0 Å². The van der Waals surface area contributed by atoms with Crippen molar-refractivity contribution in [2.75, 3.05) is 34.4 Å². The van der Waals surface area contributed by atoms with Crippen LogP contribution in [0.5, 0.6) is 5.75 Å². The molecule has 35 heavy (non-hydrogen) atoms. The number of aldehydes is 1. The largest absolute Gasteiger partial charge is 0.508 e. The van der Waals surface area contributed by atoms with Gasteiger partial charge in [-0.25, -0.2) is 0 Å². The lowest BCUT2D eigenvalue weighted by atomic mass is 10.0. The number of nitrogens with zero attached hydrogens (tertiary/aromatic N) is 1. The maximum atomic E-state index is 12.1. The number of ether oxygens (including phenoxy) is 1. The number of aromatic hydroxyl groups is 1. The first-order valence-electron chi connectivity index (χ1n) is 12.6. The monoisotopic (exact) mass is 498 g/mol. The number of phenolic OH excluding ortho intramolecular Hbond substituents is 1. The lowest BCUT2D eigenvalue weighted by molar-refractivity contribution is -0.136. The molecule has 0 radical (unpaired) electrons. The smallest absolute Gasteiger partial charge is 0.242 e. The number of rotatable bonds is 8. The molecule has 204 valence electrons. The van der Waals surface area contributed by atoms with Crippen molar-refractivity contribution in [2.45, 2.75) is 85.1 Å². The molecule has 8 nitrogen and oxygen atoms in total. The zero-order valence-corrected chi connectivity index (χ0v) is 23.0. The molecule has 1 aromatic rings. The Morgan fingerprint density at radius 3 is 1.91 bits per heavy atom. The highest BCUT2D eigenvalue weighted by Crippen LogP contribution is 2.15. The normalized spacial score (nSPS) is 12.2. The number of benzene rings is 1. The Kier molecular flexibility index (Phi) is 29.5. The number of methoxy groups -OCH3 is 1. The van der Waals surface area contributed by atoms with E-state index in [0.29, 0.717) is 18.5 Å². The molecule has 8 heteroatoms. The van der Waals surface area contributed by atoms with E-state index in [1.54, 1.807) is 33.3 Å². The number of hydrogen-bond donors (Lipinski definition) is 3. The molecule has 0 spiro atoms. The SMILES string of the molecule is C1CCCCC1.CC.CCC(C=O)N(CC)C(=O)CNC(=O)Cc1cccc(O)c1.CO.COC. The van der Waals surface area contributed by atoms with Crippen LogP contribution >= 0.6 is 0 Å². The van der Waals surface area contributed by atoms with Gasteiger partial charge in [-0.05, 0) is 31.0 Å². The number of phenols is 1. The Morgan fingerprint density at radius 2 is 1.54 bits per heavy atom. The predicted octanol–water partition coefficient (Wildman–Crippen LogP) is 4.11. The first-order valence-corrected chi connectivity index (χ1v) is 12.6. The van der Waals surface area contributed by atoms with E-state index in [1.165, 1.54) is 55.6 Å². The third kappa shape index (κ3) is 20.6. The van der Waals surface area contributed by atoms with Gasteiger partial charge in [0.25, 0.3) is 0 Å². The second-order valence-electron chi connectivity index (χ2n) is 7.44. The number of aliphatic hydroxyl groups excluding tert-OH is 1. The van der Waals surface area contributed by atoms with Crippen molar-refractivity contribution in [3.63, 3.8) is 0 Å². The third-order valence-corrected chi connectivity index (χ3v) is 4.85. The molecule has 0 saturated heterocycles. The minimum atomic E-state index is -0.458. The molecule has 0 aromatic heterocycles. The van der Waals surface area contributed by atoms with Crippen molar-refractivity contribution in [1.29, 1.82) is 0 Å². The molecule has 0 heterocycles. The molecule has 1 atom stereocenters. The van der Waals surface area contributed by atoms with Crippen LogP contribution in [0, 0.1) is 0 Å². The summed E-state index contributed by atoms with van der Waals surface area (Å²) in [6.45, 7) is 7.89. The van der Waals surface area contributed by atoms with E-state index >= 15 is 0 Å². The van der Waals surface area contributed by atoms with Crippen molar-refractivity contribution in [3.8, 4) is 5.75 Å². The molecule has 1 saturated carbocycles. The summed E-state index contributed by atoms with van der Waals surface area (Å²) in [6, 6.07) is 5.94. The highest BCUT2D eigenvalue weighted by atomic mass is 16.4. The van der Waals surface area contributed by atoms with E-state index in [4.69, 9.17) is 5.11 Å². The summed E-state index contributed by atoms with van der Waals surface area (Å²) in [4.78, 5) is 36.3. The maximum Gasteiger partial charge on any atom is 0.242 e. The molecule has 1 aliphatic carbocycles. The molecular formula is C27H50N2O6. The van der Waals surface area contributed by atoms with Crippen LogP contribution in [-0.2, 0) is 25.5 Å². The van der Waals surface area contributed by atoms with E-state index in [-0.39, 0.29) is 30.5 Å². The van der Waals surface area contributed by atoms with E-state index < -0.39 is 6.04 Å². The fourth-order valence-corrected chi connectivity index (χ4v) is 3.24. The standard InChI is InChI=1S/C16H22N2O4.C6H12.C2H6O.C2H6.CH4O/c1-3-13(11-19)18(4-2)16(22)10-17-15(21)9-12-6-5-7-14(20)8-12;1-2-4-6-5-3-1;1-3-2;2*1-2/h5-8,11,13,20H,3-4,9-10H2,1-2H3,(H,17,21);1-6H2;1-2H3;1-2H3;2H,1H3. The lowest BCUT2D eigenvalue weighted by Gasteiger charge is -2.26. The van der Waals surface area contributed by atoms with Gasteiger partial charge in [0.2, 0.25) is 11.8 Å². The van der Waals surface area contributed by atoms with Crippen molar-refractivity contribution in [1.82, 2.24) is 10.2 Å². The lowest BCUT2D eigenvalue weighted by Crippen LogP contribution is -2.46. The molecular weight excluding hydrogens is 448 g/mol. The Morgan fingerprint density at radius 1 is 1.06 bits per heavy atom. The van der Waals surface area contributed by atoms with Crippen LogP contribution in [0.3, 0.4) is 0 Å². The average Bonchev–Trinajstić information content (AvgIpc) is 2.90. The third-order valence-electron chi connectivity index (χ3n) is 4.85. The highest BCUT2D eigenvalue weighted by Gasteiger charge is 2.20. The van der Waals surface area contributed by atoms with Crippen LogP contribution < -0.4 is 5.32 Å². The van der Waals surface area contributed by atoms with Crippen molar-refractivity contribution in [3.05, 3.63) is 29.8 Å². The molecule has 3 N–H and O–H groups in total. The first kappa shape index (κ1) is 37.1. The number of amides is 2. The molecule has 2 rings (SSSR count). The number of likely N-dealkylation sites (N-methyl/N-ethyl adjacent to an activating group) is 1. The van der Waals surface area contributed by atoms with Crippen LogP contribution in [0.15, 0.2) is 24.3 Å². The van der Waals surface area contributed by atoms with Crippen LogP contribution in [-0.4, -0.2) is 73.7 Å². The van der Waals surface area contributed by atoms with Crippen molar-refractivity contribution in [2.24, 2.45) is 0 Å². The highest BCUT2D eigenvalue weighted by molar-refractivity contribution is 5.87. The number of nitrogens with one attached hydrogen (secondary N) is 1. The summed E-state index contributed by atoms with van der Waals surface area (Å²) in [5, 5.41) is 18.9. The average molecular weight is 499 g/mol. The topological polar surface area (TPSA) is 116 Å². The maximum absolute atomic E-state index is 12.1. The van der Waals surface area contributed by atoms with Gasteiger partial charge in [-0.1, -0.05) is 71.4 Å². The van der Waals surface area contributed by atoms with Crippen LogP contribution in [0.25, 0.3) is 0 Å². The summed E-state index contributed by atoms with van der Waals surface area (Å²) in [5.74, 6) is -0.504. The van der Waals surface area contributed by atoms with Crippen molar-refractivity contribution < 1.29 is 29.3 Å². The minimum absolute atomic E-state index is 0.0820. The fraction of sp³-hybridized carbons (Fsp3) is 0.667. The summed E-state index contributed by atoms with van der Waals surface area (Å²) >= 11 is 0. The van der Waals surface area contributed by atoms with E-state index in [0.717, 1.165) is 13.4 Å². The van der Waals surface area contributed by atoms with Gasteiger partial charge in [-0.15, -0.1) is 0 Å². The molecule has 1 aromatic carbocycles. The van der Waals surface area contributed by atoms with E-state index in [2.05, 4.69) is 10.1 Å². The molecule has 1 fully saturated rings. The second-order valence-corrected chi connectivity index (χ2v) is 7.44. The van der Waals surface area contributed by atoms with Gasteiger partial charge >= 0.3 is 0 Å². The Balaban J connectivity index is -0.000000647. The quantitative estimate of drug-likeness (QED) is 0.465. The Labute approximate surface area is 213 Å². The van der Waals surface area contributed by atoms with Gasteiger partial charge in [0.05, 0.1) is 19.0 Å². The van der Waals surface area contributed by atoms with Gasteiger partial charge in [-0.3, -0.25) is 9.59 Å². The molecule has 0 bridgehead atoms. The number of aliphatic hydroxyl groups is 1. The Bertz CT molecular complexity index is 624. The summed E-state index contributed by atoms with van der Waals surface area (Å²) in [7, 11) is 4.25. The Hall–Kier alpha value is -2.45. The van der Waals surface area contributed by atoms with Gasteiger partial charge < -0.3 is 30.0 Å². The number of hydrogen-bond acceptors (Lipinski definition) is 6. The van der Waals surface area contributed by atoms with E-state index in [9.17, 15) is 19.5 Å². The van der Waals surface area contributed by atoms with Gasteiger partial charge in [-0.2, -0.15) is 0 Å². The summed E-state index contributed by atoms with van der Waals surface area (Å²) in [5.41, 5.74) is 0.664. The first-order chi connectivity index (χ1) is 16.9. The van der Waals surface area contributed by atoms with E-state index in [1.807, 2.05) is 20.8 Å². The zero-order chi connectivity index (χ0) is 27.5. The van der Waals surface area contributed by atoms with Gasteiger partial charge in [0, 0.05) is 27.9 Å². The molecule has 0 aliphatic heterocycles.